The molecule has 1 aromatic carbocycles. The minimum absolute atomic E-state index is 0.0826. The van der Waals surface area contributed by atoms with E-state index in [1.165, 1.54) is 36.5 Å². The molecule has 0 atom stereocenters. The topological polar surface area (TPSA) is 149 Å². The molecule has 4 rings (SSSR count). The third-order valence-electron chi connectivity index (χ3n) is 5.81. The number of aliphatic imine (C=N–C) groups is 1. The lowest BCUT2D eigenvalue weighted by atomic mass is 9.95. The Morgan fingerprint density at radius 2 is 1.75 bits per heavy atom. The zero-order valence-electron chi connectivity index (χ0n) is 22.0. The largest absolute Gasteiger partial charge is 0.384 e. The SMILES string of the molecule is Cc1cc(-c2c(/C(C=NCc3cccc(C(C)(C)O)n3)=N/N)nc(N)nc2-c2ccc(F)cc2)cc(C(F)F)n1. The van der Waals surface area contributed by atoms with E-state index in [0.29, 0.717) is 28.2 Å². The second-order valence-electron chi connectivity index (χ2n) is 9.44. The predicted octanol–water partition coefficient (Wildman–Crippen LogP) is 4.73. The molecule has 0 unspecified atom stereocenters. The van der Waals surface area contributed by atoms with Crippen LogP contribution in [-0.2, 0) is 12.1 Å². The summed E-state index contributed by atoms with van der Waals surface area (Å²) < 4.78 is 41.1. The number of anilines is 1. The average Bonchev–Trinajstić information content (AvgIpc) is 2.90. The van der Waals surface area contributed by atoms with Crippen LogP contribution in [0.15, 0.2) is 64.7 Å². The molecular weight excluding hydrogens is 521 g/mol. The summed E-state index contributed by atoms with van der Waals surface area (Å²) in [5.74, 6) is 5.13. The molecule has 0 bridgehead atoms. The van der Waals surface area contributed by atoms with E-state index < -0.39 is 23.5 Å². The van der Waals surface area contributed by atoms with E-state index in [9.17, 15) is 18.3 Å². The van der Waals surface area contributed by atoms with Gasteiger partial charge in [-0.25, -0.2) is 23.1 Å². The van der Waals surface area contributed by atoms with E-state index in [1.807, 2.05) is 0 Å². The van der Waals surface area contributed by atoms with Crippen molar-refractivity contribution in [2.45, 2.75) is 39.3 Å². The van der Waals surface area contributed by atoms with Gasteiger partial charge in [-0.2, -0.15) is 5.10 Å². The van der Waals surface area contributed by atoms with Crippen LogP contribution in [0.4, 0.5) is 19.1 Å². The number of rotatable bonds is 8. The van der Waals surface area contributed by atoms with Gasteiger partial charge in [-0.3, -0.25) is 15.0 Å². The van der Waals surface area contributed by atoms with Gasteiger partial charge >= 0.3 is 0 Å². The highest BCUT2D eigenvalue weighted by atomic mass is 19.3. The summed E-state index contributed by atoms with van der Waals surface area (Å²) in [5.41, 5.74) is 7.37. The number of aryl methyl sites for hydroxylation is 1. The number of nitrogens with zero attached hydrogens (tertiary/aromatic N) is 6. The highest BCUT2D eigenvalue weighted by Gasteiger charge is 2.23. The van der Waals surface area contributed by atoms with Crippen LogP contribution in [0, 0.1) is 12.7 Å². The second kappa shape index (κ2) is 11.6. The zero-order valence-corrected chi connectivity index (χ0v) is 22.0. The van der Waals surface area contributed by atoms with Crippen molar-refractivity contribution in [1.29, 1.82) is 0 Å². The smallest absolute Gasteiger partial charge is 0.280 e. The van der Waals surface area contributed by atoms with Gasteiger partial charge in [-0.1, -0.05) is 6.07 Å². The standard InChI is InChI=1S/C28H27F3N8O/c1-15-11-17(12-20(35-15)26(30)31)23-24(16-7-9-18(29)10-8-16)37-27(32)38-25(23)21(39-33)14-34-13-19-5-4-6-22(36-19)28(2,3)40/h4-12,14,26,40H,13,33H2,1-3H3,(H2,32,37,38)/b34-14?,39-21+. The van der Waals surface area contributed by atoms with E-state index in [0.717, 1.165) is 0 Å². The molecule has 3 heterocycles. The fourth-order valence-corrected chi connectivity index (χ4v) is 3.99. The third-order valence-corrected chi connectivity index (χ3v) is 5.81. The molecule has 5 N–H and O–H groups in total. The number of benzene rings is 1. The monoisotopic (exact) mass is 548 g/mol. The third kappa shape index (κ3) is 6.46. The number of pyridine rings is 2. The minimum atomic E-state index is -2.83. The molecule has 206 valence electrons. The Bertz CT molecular complexity index is 1580. The van der Waals surface area contributed by atoms with Crippen molar-refractivity contribution in [1.82, 2.24) is 19.9 Å². The lowest BCUT2D eigenvalue weighted by Crippen LogP contribution is -2.18. The Morgan fingerprint density at radius 1 is 1.02 bits per heavy atom. The second-order valence-corrected chi connectivity index (χ2v) is 9.44. The van der Waals surface area contributed by atoms with Crippen LogP contribution in [-0.4, -0.2) is 37.0 Å². The Morgan fingerprint density at radius 3 is 2.40 bits per heavy atom. The molecule has 0 radical (unpaired) electrons. The highest BCUT2D eigenvalue weighted by Crippen LogP contribution is 2.35. The fraction of sp³-hybridized carbons (Fsp3) is 0.214. The number of hydrazone groups is 1. The molecule has 4 aromatic rings. The molecule has 0 saturated carbocycles. The van der Waals surface area contributed by atoms with Crippen molar-refractivity contribution in [3.05, 3.63) is 88.9 Å². The maximum atomic E-state index is 13.7. The van der Waals surface area contributed by atoms with Gasteiger partial charge in [0.1, 0.15) is 28.5 Å². The van der Waals surface area contributed by atoms with Crippen molar-refractivity contribution in [3.8, 4) is 22.4 Å². The number of halogens is 3. The molecule has 0 spiro atoms. The fourth-order valence-electron chi connectivity index (χ4n) is 3.99. The number of aromatic nitrogens is 4. The van der Waals surface area contributed by atoms with Gasteiger partial charge in [0.25, 0.3) is 6.43 Å². The molecule has 3 aromatic heterocycles. The van der Waals surface area contributed by atoms with Gasteiger partial charge in [0, 0.05) is 16.8 Å². The summed E-state index contributed by atoms with van der Waals surface area (Å²) in [5, 5.41) is 14.1. The highest BCUT2D eigenvalue weighted by molar-refractivity contribution is 6.39. The number of nitrogen functional groups attached to an aromatic ring is 1. The zero-order chi connectivity index (χ0) is 29.0. The summed E-state index contributed by atoms with van der Waals surface area (Å²) >= 11 is 0. The molecule has 0 aliphatic rings. The summed E-state index contributed by atoms with van der Waals surface area (Å²) in [6.45, 7) is 4.95. The Balaban J connectivity index is 1.85. The van der Waals surface area contributed by atoms with Gasteiger partial charge in [0.05, 0.1) is 29.8 Å². The van der Waals surface area contributed by atoms with Crippen LogP contribution >= 0.6 is 0 Å². The molecule has 0 fully saturated rings. The molecule has 0 saturated heterocycles. The van der Waals surface area contributed by atoms with E-state index in [2.05, 4.69) is 30.0 Å². The number of hydrogen-bond acceptors (Lipinski definition) is 9. The van der Waals surface area contributed by atoms with Gasteiger partial charge in [0.2, 0.25) is 5.95 Å². The predicted molar refractivity (Wildman–Crippen MR) is 147 cm³/mol. The molecule has 9 nitrogen and oxygen atoms in total. The summed E-state index contributed by atoms with van der Waals surface area (Å²) in [7, 11) is 0. The molecule has 0 aliphatic carbocycles. The maximum absolute atomic E-state index is 13.7. The molecule has 40 heavy (non-hydrogen) atoms. The van der Waals surface area contributed by atoms with Crippen molar-refractivity contribution in [2.75, 3.05) is 5.73 Å². The number of alkyl halides is 2. The lowest BCUT2D eigenvalue weighted by Gasteiger charge is -2.17. The van der Waals surface area contributed by atoms with Crippen LogP contribution < -0.4 is 11.6 Å². The lowest BCUT2D eigenvalue weighted by molar-refractivity contribution is 0.0736. The summed E-state index contributed by atoms with van der Waals surface area (Å²) in [6.07, 6.45) is -1.47. The van der Waals surface area contributed by atoms with E-state index in [-0.39, 0.29) is 35.2 Å². The van der Waals surface area contributed by atoms with Crippen LogP contribution in [0.25, 0.3) is 22.4 Å². The maximum Gasteiger partial charge on any atom is 0.280 e. The minimum Gasteiger partial charge on any atom is -0.384 e. The van der Waals surface area contributed by atoms with Crippen molar-refractivity contribution in [3.63, 3.8) is 0 Å². The quantitative estimate of drug-likeness (QED) is 0.164. The molecule has 0 aliphatic heterocycles. The van der Waals surface area contributed by atoms with Crippen LogP contribution in [0.1, 0.15) is 48.7 Å². The Kier molecular flexibility index (Phi) is 8.19. The molecule has 0 amide bonds. The average molecular weight is 549 g/mol. The van der Waals surface area contributed by atoms with E-state index >= 15 is 0 Å². The van der Waals surface area contributed by atoms with Gasteiger partial charge in [0.15, 0.2) is 0 Å². The van der Waals surface area contributed by atoms with Gasteiger partial charge in [-0.05, 0) is 74.9 Å². The van der Waals surface area contributed by atoms with Gasteiger partial charge < -0.3 is 16.7 Å². The number of aliphatic hydroxyl groups is 1. The van der Waals surface area contributed by atoms with E-state index in [1.54, 1.807) is 45.0 Å². The first-order valence-electron chi connectivity index (χ1n) is 12.1. The van der Waals surface area contributed by atoms with Gasteiger partial charge in [-0.15, -0.1) is 0 Å². The first kappa shape index (κ1) is 28.3. The van der Waals surface area contributed by atoms with Crippen molar-refractivity contribution < 1.29 is 18.3 Å². The first-order valence-corrected chi connectivity index (χ1v) is 12.1. The van der Waals surface area contributed by atoms with Crippen LogP contribution in [0.3, 0.4) is 0 Å². The molecular formula is C28H27F3N8O. The van der Waals surface area contributed by atoms with Crippen molar-refractivity contribution in [2.24, 2.45) is 15.9 Å². The summed E-state index contributed by atoms with van der Waals surface area (Å²) in [6, 6.07) is 13.5. The number of hydrogen-bond donors (Lipinski definition) is 3. The Hall–Kier alpha value is -4.71. The normalized spacial score (nSPS) is 12.4. The van der Waals surface area contributed by atoms with Crippen LogP contribution in [0.5, 0.6) is 0 Å². The first-order chi connectivity index (χ1) is 19.0. The summed E-state index contributed by atoms with van der Waals surface area (Å²) in [4.78, 5) is 21.4. The van der Waals surface area contributed by atoms with E-state index in [4.69, 9.17) is 11.6 Å². The Labute approximate surface area is 228 Å². The number of nitrogens with two attached hydrogens (primary N) is 2. The van der Waals surface area contributed by atoms with Crippen molar-refractivity contribution >= 4 is 17.9 Å². The molecule has 12 heteroatoms. The van der Waals surface area contributed by atoms with Crippen LogP contribution in [0.2, 0.25) is 0 Å².